The number of allylic oxidation sites excluding steroid dienone is 1. The van der Waals surface area contributed by atoms with E-state index in [-0.39, 0.29) is 6.04 Å². The molecule has 0 bridgehead atoms. The van der Waals surface area contributed by atoms with E-state index < -0.39 is 0 Å². The second-order valence-electron chi connectivity index (χ2n) is 7.48. The van der Waals surface area contributed by atoms with Crippen molar-refractivity contribution in [2.75, 3.05) is 20.8 Å². The number of methoxy groups -OCH3 is 1. The molecule has 0 aliphatic rings. The van der Waals surface area contributed by atoms with Gasteiger partial charge in [0.15, 0.2) is 0 Å². The van der Waals surface area contributed by atoms with E-state index >= 15 is 0 Å². The van der Waals surface area contributed by atoms with E-state index in [1.165, 1.54) is 5.56 Å². The van der Waals surface area contributed by atoms with Gasteiger partial charge < -0.3 is 9.30 Å². The zero-order valence-corrected chi connectivity index (χ0v) is 18.8. The molecule has 1 atom stereocenters. The van der Waals surface area contributed by atoms with Crippen molar-refractivity contribution in [2.24, 2.45) is 4.99 Å². The first-order valence-corrected chi connectivity index (χ1v) is 10.2. The first kappa shape index (κ1) is 22.4. The van der Waals surface area contributed by atoms with Crippen LogP contribution in [0.1, 0.15) is 68.6 Å². The van der Waals surface area contributed by atoms with E-state index in [4.69, 9.17) is 16.3 Å². The van der Waals surface area contributed by atoms with Crippen LogP contribution in [0.3, 0.4) is 0 Å². The van der Waals surface area contributed by atoms with Crippen molar-refractivity contribution in [3.05, 3.63) is 57.6 Å². The van der Waals surface area contributed by atoms with Crippen LogP contribution in [-0.2, 0) is 4.74 Å². The summed E-state index contributed by atoms with van der Waals surface area (Å²) in [6.45, 7) is 11.3. The highest BCUT2D eigenvalue weighted by Crippen LogP contribution is 2.25. The molecule has 2 aromatic heterocycles. The van der Waals surface area contributed by atoms with Gasteiger partial charge in [0.05, 0.1) is 18.4 Å². The predicted molar refractivity (Wildman–Crippen MR) is 120 cm³/mol. The molecule has 4 nitrogen and oxygen atoms in total. The second kappa shape index (κ2) is 10.0. The Morgan fingerprint density at radius 2 is 2.04 bits per heavy atom. The number of nitrogens with zero attached hydrogens (tertiary/aromatic N) is 3. The minimum absolute atomic E-state index is 0.251. The van der Waals surface area contributed by atoms with Gasteiger partial charge >= 0.3 is 0 Å². The smallest absolute Gasteiger partial charge is 0.138 e. The molecule has 0 amide bonds. The van der Waals surface area contributed by atoms with E-state index in [0.29, 0.717) is 17.7 Å². The fourth-order valence-electron chi connectivity index (χ4n) is 3.36. The zero-order valence-electron chi connectivity index (χ0n) is 18.1. The molecule has 2 aromatic rings. The van der Waals surface area contributed by atoms with Crippen LogP contribution < -0.4 is 0 Å². The lowest BCUT2D eigenvalue weighted by atomic mass is 9.99. The molecule has 0 aliphatic carbocycles. The van der Waals surface area contributed by atoms with Gasteiger partial charge in [0.25, 0.3) is 0 Å². The van der Waals surface area contributed by atoms with Crippen LogP contribution in [-0.4, -0.2) is 36.0 Å². The monoisotopic (exact) mass is 401 g/mol. The fourth-order valence-corrected chi connectivity index (χ4v) is 3.61. The maximum atomic E-state index is 6.54. The number of aromatic nitrogens is 2. The fraction of sp³-hybridized carbons (Fsp3) is 0.478. The van der Waals surface area contributed by atoms with Crippen molar-refractivity contribution >= 4 is 23.4 Å². The summed E-state index contributed by atoms with van der Waals surface area (Å²) in [5.74, 6) is 0.336. The van der Waals surface area contributed by atoms with Gasteiger partial charge in [0, 0.05) is 37.3 Å². The average Bonchev–Trinajstić information content (AvgIpc) is 3.02. The van der Waals surface area contributed by atoms with E-state index in [1.54, 1.807) is 7.11 Å². The molecule has 0 aliphatic heterocycles. The van der Waals surface area contributed by atoms with Crippen molar-refractivity contribution in [1.82, 2.24) is 9.55 Å². The SMILES string of the molecule is CCC(=C/c1cc(C)cn1[C@@H](C)COC)/C(=N\C)c1ccc(C(C)C)nc1Cl. The Labute approximate surface area is 174 Å². The molecule has 2 rings (SSSR count). The van der Waals surface area contributed by atoms with Crippen LogP contribution in [0.2, 0.25) is 5.15 Å². The van der Waals surface area contributed by atoms with Crippen molar-refractivity contribution < 1.29 is 4.74 Å². The minimum Gasteiger partial charge on any atom is -0.383 e. The highest BCUT2D eigenvalue weighted by atomic mass is 35.5. The van der Waals surface area contributed by atoms with Crippen LogP contribution in [0.15, 0.2) is 35.0 Å². The molecule has 0 N–H and O–H groups in total. The lowest BCUT2D eigenvalue weighted by Crippen LogP contribution is -2.12. The summed E-state index contributed by atoms with van der Waals surface area (Å²) in [5, 5.41) is 0.505. The van der Waals surface area contributed by atoms with Crippen molar-refractivity contribution in [2.45, 2.75) is 53.0 Å². The number of halogens is 1. The topological polar surface area (TPSA) is 39.4 Å². The van der Waals surface area contributed by atoms with Gasteiger partial charge in [-0.05, 0) is 61.6 Å². The summed E-state index contributed by atoms with van der Waals surface area (Å²) < 4.78 is 7.60. The summed E-state index contributed by atoms with van der Waals surface area (Å²) in [6.07, 6.45) is 5.21. The predicted octanol–water partition coefficient (Wildman–Crippen LogP) is 6.09. The molecule has 0 fully saturated rings. The third-order valence-electron chi connectivity index (χ3n) is 4.85. The summed E-state index contributed by atoms with van der Waals surface area (Å²) in [4.78, 5) is 9.14. The number of aryl methyl sites for hydroxylation is 1. The van der Waals surface area contributed by atoms with Crippen molar-refractivity contribution in [3.8, 4) is 0 Å². The summed E-state index contributed by atoms with van der Waals surface area (Å²) in [6, 6.07) is 6.52. The number of rotatable bonds is 8. The number of ether oxygens (including phenoxy) is 1. The quantitative estimate of drug-likeness (QED) is 0.396. The Morgan fingerprint density at radius 1 is 1.32 bits per heavy atom. The largest absolute Gasteiger partial charge is 0.383 e. The lowest BCUT2D eigenvalue weighted by molar-refractivity contribution is 0.162. The highest BCUT2D eigenvalue weighted by molar-refractivity contribution is 6.34. The van der Waals surface area contributed by atoms with Gasteiger partial charge in [-0.2, -0.15) is 0 Å². The van der Waals surface area contributed by atoms with Crippen molar-refractivity contribution in [3.63, 3.8) is 0 Å². The molecule has 0 aromatic carbocycles. The molecule has 0 radical (unpaired) electrons. The van der Waals surface area contributed by atoms with E-state index in [0.717, 1.165) is 34.7 Å². The van der Waals surface area contributed by atoms with E-state index in [1.807, 2.05) is 19.2 Å². The second-order valence-corrected chi connectivity index (χ2v) is 7.84. The van der Waals surface area contributed by atoms with E-state index in [9.17, 15) is 0 Å². The van der Waals surface area contributed by atoms with Crippen LogP contribution in [0.4, 0.5) is 0 Å². The molecule has 5 heteroatoms. The van der Waals surface area contributed by atoms with Crippen LogP contribution in [0, 0.1) is 6.92 Å². The molecular weight excluding hydrogens is 370 g/mol. The van der Waals surface area contributed by atoms with Gasteiger partial charge in [-0.1, -0.05) is 32.4 Å². The van der Waals surface area contributed by atoms with Gasteiger partial charge in [0.1, 0.15) is 5.15 Å². The maximum Gasteiger partial charge on any atom is 0.138 e. The third kappa shape index (κ3) is 5.12. The first-order valence-electron chi connectivity index (χ1n) is 9.84. The van der Waals surface area contributed by atoms with E-state index in [2.05, 4.69) is 67.5 Å². The van der Waals surface area contributed by atoms with Crippen molar-refractivity contribution in [1.29, 1.82) is 0 Å². The van der Waals surface area contributed by atoms with Gasteiger partial charge in [-0.3, -0.25) is 4.99 Å². The molecule has 0 saturated heterocycles. The minimum atomic E-state index is 0.251. The number of aliphatic imine (C=N–C) groups is 1. The molecule has 152 valence electrons. The first-order chi connectivity index (χ1) is 13.3. The summed E-state index contributed by atoms with van der Waals surface area (Å²) >= 11 is 6.54. The highest BCUT2D eigenvalue weighted by Gasteiger charge is 2.16. The van der Waals surface area contributed by atoms with Crippen LogP contribution >= 0.6 is 11.6 Å². The summed E-state index contributed by atoms with van der Waals surface area (Å²) in [5.41, 5.74) is 6.25. The molecule has 0 saturated carbocycles. The normalized spacial score (nSPS) is 14.0. The number of hydrogen-bond acceptors (Lipinski definition) is 3. The Balaban J connectivity index is 2.49. The van der Waals surface area contributed by atoms with Gasteiger partial charge in [0.2, 0.25) is 0 Å². The van der Waals surface area contributed by atoms with Crippen LogP contribution in [0.5, 0.6) is 0 Å². The number of pyridine rings is 1. The Hall–Kier alpha value is -1.91. The summed E-state index contributed by atoms with van der Waals surface area (Å²) in [7, 11) is 3.54. The average molecular weight is 402 g/mol. The molecular formula is C23H32ClN3O. The Kier molecular flexibility index (Phi) is 8.02. The molecule has 0 unspecified atom stereocenters. The zero-order chi connectivity index (χ0) is 20.8. The van der Waals surface area contributed by atoms with Gasteiger partial charge in [-0.15, -0.1) is 0 Å². The molecule has 28 heavy (non-hydrogen) atoms. The molecule has 2 heterocycles. The Bertz CT molecular complexity index is 865. The standard InChI is InChI=1S/C23H32ClN3O/c1-8-18(12-19-11-16(4)13-27(19)17(5)14-28-7)22(25-6)20-9-10-21(15(2)3)26-23(20)24/h9-13,15,17H,8,14H2,1-7H3/b18-12-,25-22+/t17-/m0/s1. The van der Waals surface area contributed by atoms with Crippen LogP contribution in [0.25, 0.3) is 6.08 Å². The Morgan fingerprint density at radius 3 is 2.57 bits per heavy atom. The van der Waals surface area contributed by atoms with Gasteiger partial charge in [-0.25, -0.2) is 4.98 Å². The number of hydrogen-bond donors (Lipinski definition) is 0. The lowest BCUT2D eigenvalue weighted by Gasteiger charge is -2.17. The third-order valence-corrected chi connectivity index (χ3v) is 5.13. The maximum absolute atomic E-state index is 6.54. The molecule has 0 spiro atoms.